The molecule has 1 fully saturated rings. The second-order valence-electron chi connectivity index (χ2n) is 4.88. The van der Waals surface area contributed by atoms with Gasteiger partial charge in [0.05, 0.1) is 5.69 Å². The number of aromatic nitrogens is 2. The fourth-order valence-corrected chi connectivity index (χ4v) is 2.20. The first-order chi connectivity index (χ1) is 8.15. The summed E-state index contributed by atoms with van der Waals surface area (Å²) < 4.78 is 1.93. The number of ketones is 1. The van der Waals surface area contributed by atoms with Crippen molar-refractivity contribution in [3.63, 3.8) is 0 Å². The van der Waals surface area contributed by atoms with Crippen LogP contribution in [0.1, 0.15) is 38.1 Å². The maximum Gasteiger partial charge on any atom is 0.146 e. The van der Waals surface area contributed by atoms with Gasteiger partial charge in [-0.05, 0) is 32.3 Å². The fourth-order valence-electron chi connectivity index (χ4n) is 2.20. The lowest BCUT2D eigenvalue weighted by Gasteiger charge is -2.11. The molecule has 0 aliphatic heterocycles. The summed E-state index contributed by atoms with van der Waals surface area (Å²) in [4.78, 5) is 12.2. The van der Waals surface area contributed by atoms with E-state index >= 15 is 0 Å². The van der Waals surface area contributed by atoms with Gasteiger partial charge in [-0.15, -0.1) is 0 Å². The summed E-state index contributed by atoms with van der Waals surface area (Å²) in [6, 6.07) is 2.05. The van der Waals surface area contributed by atoms with Gasteiger partial charge in [0.15, 0.2) is 0 Å². The number of Topliss-reactive ketones (excluding diaryl/α,β-unsaturated/α-hetero) is 1. The first-order valence-electron chi connectivity index (χ1n) is 6.44. The summed E-state index contributed by atoms with van der Waals surface area (Å²) in [6.45, 7) is 5.44. The number of carbonyl (C=O) groups excluding carboxylic acids is 1. The van der Waals surface area contributed by atoms with E-state index in [9.17, 15) is 4.79 Å². The van der Waals surface area contributed by atoms with E-state index in [1.807, 2.05) is 10.7 Å². The topological polar surface area (TPSA) is 60.9 Å². The zero-order valence-electron chi connectivity index (χ0n) is 10.7. The van der Waals surface area contributed by atoms with Gasteiger partial charge in [-0.3, -0.25) is 9.48 Å². The van der Waals surface area contributed by atoms with E-state index in [1.54, 1.807) is 0 Å². The van der Waals surface area contributed by atoms with Crippen LogP contribution >= 0.6 is 0 Å². The van der Waals surface area contributed by atoms with Crippen molar-refractivity contribution in [1.82, 2.24) is 9.78 Å². The first-order valence-corrected chi connectivity index (χ1v) is 6.44. The standard InChI is InChI=1S/C13H21N3O/c1-3-10-7-11(16(4-2)15-10)8-12(17)13(9-14)5-6-13/h7H,3-6,8-9,14H2,1-2H3. The maximum atomic E-state index is 12.2. The SMILES string of the molecule is CCc1cc(CC(=O)C2(CN)CC2)n(CC)n1. The van der Waals surface area contributed by atoms with Gasteiger partial charge in [-0.1, -0.05) is 6.92 Å². The van der Waals surface area contributed by atoms with Crippen LogP contribution in [0.25, 0.3) is 0 Å². The van der Waals surface area contributed by atoms with E-state index in [0.29, 0.717) is 13.0 Å². The monoisotopic (exact) mass is 235 g/mol. The molecule has 0 unspecified atom stereocenters. The number of aryl methyl sites for hydroxylation is 2. The van der Waals surface area contributed by atoms with Gasteiger partial charge in [0.1, 0.15) is 5.78 Å². The van der Waals surface area contributed by atoms with Gasteiger partial charge >= 0.3 is 0 Å². The van der Waals surface area contributed by atoms with Gasteiger partial charge in [-0.25, -0.2) is 0 Å². The predicted molar refractivity (Wildman–Crippen MR) is 66.7 cm³/mol. The molecule has 1 aromatic heterocycles. The van der Waals surface area contributed by atoms with Crippen molar-refractivity contribution in [2.24, 2.45) is 11.1 Å². The van der Waals surface area contributed by atoms with E-state index in [0.717, 1.165) is 37.2 Å². The minimum Gasteiger partial charge on any atom is -0.329 e. The minimum absolute atomic E-state index is 0.199. The van der Waals surface area contributed by atoms with Gasteiger partial charge in [0.2, 0.25) is 0 Å². The Labute approximate surface area is 102 Å². The molecule has 2 rings (SSSR count). The molecule has 1 heterocycles. The van der Waals surface area contributed by atoms with Crippen LogP contribution in [0.3, 0.4) is 0 Å². The molecule has 0 amide bonds. The van der Waals surface area contributed by atoms with Crippen molar-refractivity contribution >= 4 is 5.78 Å². The van der Waals surface area contributed by atoms with Gasteiger partial charge in [0, 0.05) is 30.6 Å². The van der Waals surface area contributed by atoms with Gasteiger partial charge < -0.3 is 5.73 Å². The second-order valence-corrected chi connectivity index (χ2v) is 4.88. The molecule has 1 saturated carbocycles. The molecule has 1 aromatic rings. The lowest BCUT2D eigenvalue weighted by molar-refractivity contribution is -0.123. The van der Waals surface area contributed by atoms with Crippen molar-refractivity contribution in [1.29, 1.82) is 0 Å². The second kappa shape index (κ2) is 4.61. The summed E-state index contributed by atoms with van der Waals surface area (Å²) in [5.74, 6) is 0.289. The molecule has 0 spiro atoms. The summed E-state index contributed by atoms with van der Waals surface area (Å²) in [6.07, 6.45) is 3.32. The Morgan fingerprint density at radius 2 is 2.24 bits per heavy atom. The molecule has 94 valence electrons. The van der Waals surface area contributed by atoms with Crippen LogP contribution in [0.5, 0.6) is 0 Å². The molecule has 0 saturated heterocycles. The lowest BCUT2D eigenvalue weighted by Crippen LogP contribution is -2.27. The zero-order valence-corrected chi connectivity index (χ0v) is 10.7. The quantitative estimate of drug-likeness (QED) is 0.809. The number of hydrogen-bond donors (Lipinski definition) is 1. The smallest absolute Gasteiger partial charge is 0.146 e. The molecule has 0 bridgehead atoms. The van der Waals surface area contributed by atoms with Crippen LogP contribution < -0.4 is 5.73 Å². The third-order valence-electron chi connectivity index (χ3n) is 3.75. The van der Waals surface area contributed by atoms with Crippen LogP contribution in [-0.4, -0.2) is 22.1 Å². The Kier molecular flexibility index (Phi) is 3.33. The average Bonchev–Trinajstić information content (AvgIpc) is 3.06. The number of nitrogens with zero attached hydrogens (tertiary/aromatic N) is 2. The highest BCUT2D eigenvalue weighted by atomic mass is 16.1. The Morgan fingerprint density at radius 3 is 2.71 bits per heavy atom. The highest BCUT2D eigenvalue weighted by Gasteiger charge is 2.47. The van der Waals surface area contributed by atoms with E-state index in [4.69, 9.17) is 5.73 Å². The summed E-state index contributed by atoms with van der Waals surface area (Å²) in [5, 5.41) is 4.46. The molecule has 0 radical (unpaired) electrons. The molecule has 17 heavy (non-hydrogen) atoms. The Hall–Kier alpha value is -1.16. The molecule has 0 atom stereocenters. The zero-order chi connectivity index (χ0) is 12.5. The molecule has 1 aliphatic carbocycles. The normalized spacial score (nSPS) is 17.1. The van der Waals surface area contributed by atoms with Crippen LogP contribution in [0.2, 0.25) is 0 Å². The van der Waals surface area contributed by atoms with Crippen molar-refractivity contribution in [2.45, 2.75) is 46.1 Å². The minimum atomic E-state index is -0.199. The summed E-state index contributed by atoms with van der Waals surface area (Å²) >= 11 is 0. The molecule has 1 aliphatic rings. The molecule has 4 heteroatoms. The third-order valence-corrected chi connectivity index (χ3v) is 3.75. The molecular formula is C13H21N3O. The van der Waals surface area contributed by atoms with Crippen LogP contribution in [0, 0.1) is 5.41 Å². The number of nitrogens with two attached hydrogens (primary N) is 1. The van der Waals surface area contributed by atoms with Crippen molar-refractivity contribution in [2.75, 3.05) is 6.54 Å². The summed E-state index contributed by atoms with van der Waals surface area (Å²) in [5.41, 5.74) is 7.58. The van der Waals surface area contributed by atoms with Crippen LogP contribution in [0.4, 0.5) is 0 Å². The third kappa shape index (κ3) is 2.27. The van der Waals surface area contributed by atoms with Crippen molar-refractivity contribution < 1.29 is 4.79 Å². The van der Waals surface area contributed by atoms with Gasteiger partial charge in [0.25, 0.3) is 0 Å². The fraction of sp³-hybridized carbons (Fsp3) is 0.692. The number of rotatable bonds is 6. The highest BCUT2D eigenvalue weighted by Crippen LogP contribution is 2.46. The first kappa shape index (κ1) is 12.3. The largest absolute Gasteiger partial charge is 0.329 e. The maximum absolute atomic E-state index is 12.2. The van der Waals surface area contributed by atoms with E-state index in [-0.39, 0.29) is 11.2 Å². The van der Waals surface area contributed by atoms with Crippen LogP contribution in [0.15, 0.2) is 6.07 Å². The molecule has 4 nitrogen and oxygen atoms in total. The van der Waals surface area contributed by atoms with E-state index in [2.05, 4.69) is 18.9 Å². The molecule has 2 N–H and O–H groups in total. The van der Waals surface area contributed by atoms with Gasteiger partial charge in [-0.2, -0.15) is 5.10 Å². The highest BCUT2D eigenvalue weighted by molar-refractivity contribution is 5.89. The Morgan fingerprint density at radius 1 is 1.53 bits per heavy atom. The van der Waals surface area contributed by atoms with Crippen LogP contribution in [-0.2, 0) is 24.2 Å². The van der Waals surface area contributed by atoms with Crippen molar-refractivity contribution in [3.8, 4) is 0 Å². The molecular weight excluding hydrogens is 214 g/mol. The predicted octanol–water partition coefficient (Wildman–Crippen LogP) is 1.32. The van der Waals surface area contributed by atoms with E-state index in [1.165, 1.54) is 0 Å². The number of hydrogen-bond acceptors (Lipinski definition) is 3. The average molecular weight is 235 g/mol. The van der Waals surface area contributed by atoms with Crippen molar-refractivity contribution in [3.05, 3.63) is 17.5 Å². The Balaban J connectivity index is 2.12. The summed E-state index contributed by atoms with van der Waals surface area (Å²) in [7, 11) is 0. The molecule has 0 aromatic carbocycles. The number of carbonyl (C=O) groups is 1. The van der Waals surface area contributed by atoms with E-state index < -0.39 is 0 Å². The lowest BCUT2D eigenvalue weighted by atomic mass is 9.97. The Bertz CT molecular complexity index is 418.